The molecule has 2 aromatic carbocycles. The highest BCUT2D eigenvalue weighted by molar-refractivity contribution is 6.03. The SMILES string of the molecule is CCCNc1ccc(C(=O)Nc2ccccc2Oc2ccccc2)nc1. The first-order valence-corrected chi connectivity index (χ1v) is 8.59. The van der Waals surface area contributed by atoms with Gasteiger partial charge in [0.05, 0.1) is 17.6 Å². The number of amides is 1. The lowest BCUT2D eigenvalue weighted by Crippen LogP contribution is -2.14. The van der Waals surface area contributed by atoms with E-state index in [-0.39, 0.29) is 5.91 Å². The lowest BCUT2D eigenvalue weighted by atomic mass is 10.2. The Morgan fingerprint density at radius 2 is 1.77 bits per heavy atom. The Hall–Kier alpha value is -3.34. The zero-order valence-electron chi connectivity index (χ0n) is 14.6. The molecule has 1 heterocycles. The van der Waals surface area contributed by atoms with Gasteiger partial charge >= 0.3 is 0 Å². The molecule has 0 saturated heterocycles. The maximum atomic E-state index is 12.5. The molecule has 0 aliphatic heterocycles. The number of carbonyl (C=O) groups is 1. The minimum absolute atomic E-state index is 0.281. The second kappa shape index (κ2) is 8.67. The molecule has 0 fully saturated rings. The number of benzene rings is 2. The third-order valence-corrected chi connectivity index (χ3v) is 3.68. The zero-order chi connectivity index (χ0) is 18.2. The standard InChI is InChI=1S/C21H21N3O2/c1-2-14-22-16-12-13-19(23-15-16)21(25)24-18-10-6-7-11-20(18)26-17-8-4-3-5-9-17/h3-13,15,22H,2,14H2,1H3,(H,24,25). The van der Waals surface area contributed by atoms with Gasteiger partial charge in [0.15, 0.2) is 5.75 Å². The molecule has 0 spiro atoms. The lowest BCUT2D eigenvalue weighted by molar-refractivity contribution is 0.102. The Labute approximate surface area is 153 Å². The number of anilines is 2. The fraction of sp³-hybridized carbons (Fsp3) is 0.143. The number of ether oxygens (including phenoxy) is 1. The summed E-state index contributed by atoms with van der Waals surface area (Å²) < 4.78 is 5.86. The van der Waals surface area contributed by atoms with Crippen LogP contribution in [0.25, 0.3) is 0 Å². The van der Waals surface area contributed by atoms with Crippen molar-refractivity contribution in [2.75, 3.05) is 17.2 Å². The van der Waals surface area contributed by atoms with Crippen molar-refractivity contribution < 1.29 is 9.53 Å². The van der Waals surface area contributed by atoms with Crippen LogP contribution in [-0.4, -0.2) is 17.4 Å². The molecule has 0 bridgehead atoms. The molecule has 2 N–H and O–H groups in total. The van der Waals surface area contributed by atoms with E-state index in [2.05, 4.69) is 22.5 Å². The zero-order valence-corrected chi connectivity index (χ0v) is 14.6. The van der Waals surface area contributed by atoms with E-state index in [1.807, 2.05) is 54.6 Å². The van der Waals surface area contributed by atoms with Gasteiger partial charge in [-0.3, -0.25) is 4.79 Å². The minimum Gasteiger partial charge on any atom is -0.455 e. The van der Waals surface area contributed by atoms with Crippen LogP contribution in [0.2, 0.25) is 0 Å². The fourth-order valence-electron chi connectivity index (χ4n) is 2.36. The van der Waals surface area contributed by atoms with Gasteiger partial charge in [0.1, 0.15) is 11.4 Å². The summed E-state index contributed by atoms with van der Waals surface area (Å²) in [5.41, 5.74) is 1.84. The Bertz CT molecular complexity index is 849. The van der Waals surface area contributed by atoms with Crippen molar-refractivity contribution >= 4 is 17.3 Å². The minimum atomic E-state index is -0.281. The first-order chi connectivity index (χ1) is 12.8. The molecular weight excluding hydrogens is 326 g/mol. The number of rotatable bonds is 7. The van der Waals surface area contributed by atoms with Gasteiger partial charge in [-0.05, 0) is 42.8 Å². The van der Waals surface area contributed by atoms with Crippen LogP contribution in [0.4, 0.5) is 11.4 Å². The van der Waals surface area contributed by atoms with Gasteiger partial charge in [-0.25, -0.2) is 4.98 Å². The number of nitrogens with zero attached hydrogens (tertiary/aromatic N) is 1. The van der Waals surface area contributed by atoms with E-state index in [4.69, 9.17) is 4.74 Å². The van der Waals surface area contributed by atoms with Gasteiger partial charge in [-0.1, -0.05) is 37.3 Å². The number of aromatic nitrogens is 1. The van der Waals surface area contributed by atoms with E-state index in [1.54, 1.807) is 18.3 Å². The quantitative estimate of drug-likeness (QED) is 0.635. The van der Waals surface area contributed by atoms with Crippen LogP contribution in [0.3, 0.4) is 0 Å². The predicted molar refractivity (Wildman–Crippen MR) is 104 cm³/mol. The number of nitrogens with one attached hydrogen (secondary N) is 2. The van der Waals surface area contributed by atoms with Crippen molar-refractivity contribution in [1.29, 1.82) is 0 Å². The summed E-state index contributed by atoms with van der Waals surface area (Å²) in [6, 6.07) is 20.3. The van der Waals surface area contributed by atoms with Gasteiger partial charge < -0.3 is 15.4 Å². The average Bonchev–Trinajstić information content (AvgIpc) is 2.69. The smallest absolute Gasteiger partial charge is 0.274 e. The van der Waals surface area contributed by atoms with E-state index in [0.717, 1.165) is 18.7 Å². The highest BCUT2D eigenvalue weighted by Gasteiger charge is 2.11. The third kappa shape index (κ3) is 4.60. The summed E-state index contributed by atoms with van der Waals surface area (Å²) in [4.78, 5) is 16.7. The topological polar surface area (TPSA) is 63.2 Å². The van der Waals surface area contributed by atoms with E-state index in [9.17, 15) is 4.79 Å². The Balaban J connectivity index is 1.71. The van der Waals surface area contributed by atoms with Gasteiger partial charge in [0, 0.05) is 6.54 Å². The number of hydrogen-bond donors (Lipinski definition) is 2. The van der Waals surface area contributed by atoms with Crippen molar-refractivity contribution in [3.05, 3.63) is 78.6 Å². The molecule has 0 unspecified atom stereocenters. The van der Waals surface area contributed by atoms with Crippen molar-refractivity contribution in [1.82, 2.24) is 4.98 Å². The molecule has 0 aliphatic rings. The largest absolute Gasteiger partial charge is 0.455 e. The average molecular weight is 347 g/mol. The normalized spacial score (nSPS) is 10.2. The van der Waals surface area contributed by atoms with Crippen LogP contribution in [0.15, 0.2) is 72.9 Å². The van der Waals surface area contributed by atoms with Gasteiger partial charge in [0.2, 0.25) is 0 Å². The van der Waals surface area contributed by atoms with Gasteiger partial charge in [-0.15, -0.1) is 0 Å². The summed E-state index contributed by atoms with van der Waals surface area (Å²) in [7, 11) is 0. The fourth-order valence-corrected chi connectivity index (χ4v) is 2.36. The Kier molecular flexibility index (Phi) is 5.83. The predicted octanol–water partition coefficient (Wildman–Crippen LogP) is 4.95. The molecule has 1 amide bonds. The maximum Gasteiger partial charge on any atom is 0.274 e. The molecular formula is C21H21N3O2. The Morgan fingerprint density at radius 3 is 2.50 bits per heavy atom. The molecule has 0 saturated carbocycles. The first kappa shape index (κ1) is 17.5. The molecule has 5 nitrogen and oxygen atoms in total. The summed E-state index contributed by atoms with van der Waals surface area (Å²) >= 11 is 0. The van der Waals surface area contributed by atoms with Crippen molar-refractivity contribution in [3.8, 4) is 11.5 Å². The van der Waals surface area contributed by atoms with Gasteiger partial charge in [0.25, 0.3) is 5.91 Å². The summed E-state index contributed by atoms with van der Waals surface area (Å²) in [5.74, 6) is 1.00. The van der Waals surface area contributed by atoms with Crippen LogP contribution in [-0.2, 0) is 0 Å². The second-order valence-electron chi connectivity index (χ2n) is 5.72. The van der Waals surface area contributed by atoms with Crippen LogP contribution >= 0.6 is 0 Å². The molecule has 1 aromatic heterocycles. The first-order valence-electron chi connectivity index (χ1n) is 8.59. The van der Waals surface area contributed by atoms with Crippen molar-refractivity contribution in [3.63, 3.8) is 0 Å². The summed E-state index contributed by atoms with van der Waals surface area (Å²) in [6.07, 6.45) is 2.69. The summed E-state index contributed by atoms with van der Waals surface area (Å²) in [5, 5.41) is 6.10. The molecule has 26 heavy (non-hydrogen) atoms. The van der Waals surface area contributed by atoms with Crippen molar-refractivity contribution in [2.45, 2.75) is 13.3 Å². The highest BCUT2D eigenvalue weighted by Crippen LogP contribution is 2.29. The number of pyridine rings is 1. The lowest BCUT2D eigenvalue weighted by Gasteiger charge is -2.12. The van der Waals surface area contributed by atoms with Gasteiger partial charge in [-0.2, -0.15) is 0 Å². The van der Waals surface area contributed by atoms with Crippen molar-refractivity contribution in [2.24, 2.45) is 0 Å². The number of carbonyl (C=O) groups excluding carboxylic acids is 1. The number of hydrogen-bond acceptors (Lipinski definition) is 4. The second-order valence-corrected chi connectivity index (χ2v) is 5.72. The monoisotopic (exact) mass is 347 g/mol. The molecule has 0 aliphatic carbocycles. The van der Waals surface area contributed by atoms with E-state index in [0.29, 0.717) is 22.9 Å². The highest BCUT2D eigenvalue weighted by atomic mass is 16.5. The van der Waals surface area contributed by atoms with E-state index >= 15 is 0 Å². The van der Waals surface area contributed by atoms with E-state index in [1.165, 1.54) is 0 Å². The number of para-hydroxylation sites is 3. The van der Waals surface area contributed by atoms with Crippen LogP contribution in [0.5, 0.6) is 11.5 Å². The molecule has 3 aromatic rings. The molecule has 0 radical (unpaired) electrons. The summed E-state index contributed by atoms with van der Waals surface area (Å²) in [6.45, 7) is 2.97. The molecule has 0 atom stereocenters. The van der Waals surface area contributed by atoms with Crippen LogP contribution < -0.4 is 15.4 Å². The van der Waals surface area contributed by atoms with E-state index < -0.39 is 0 Å². The molecule has 5 heteroatoms. The van der Waals surface area contributed by atoms with Crippen LogP contribution in [0, 0.1) is 0 Å². The van der Waals surface area contributed by atoms with Crippen LogP contribution in [0.1, 0.15) is 23.8 Å². The molecule has 132 valence electrons. The molecule has 3 rings (SSSR count). The maximum absolute atomic E-state index is 12.5. The Morgan fingerprint density at radius 1 is 1.00 bits per heavy atom. The third-order valence-electron chi connectivity index (χ3n) is 3.68.